The van der Waals surface area contributed by atoms with Gasteiger partial charge in [-0.2, -0.15) is 0 Å². The smallest absolute Gasteiger partial charge is 0.185 e. The minimum absolute atomic E-state index is 0.224. The van der Waals surface area contributed by atoms with Gasteiger partial charge in [-0.25, -0.2) is 0 Å². The molecule has 0 aliphatic heterocycles. The molecular weight excluding hydrogens is 108 g/mol. The zero-order chi connectivity index (χ0) is 5.70. The zero-order valence-corrected chi connectivity index (χ0v) is 5.55. The second kappa shape index (κ2) is 4.19. The maximum Gasteiger partial charge on any atom is 0.185 e. The molecule has 42 valence electrons. The number of carbonyl (C=O) groups is 1. The van der Waals surface area contributed by atoms with E-state index in [1.807, 2.05) is 0 Å². The van der Waals surface area contributed by atoms with E-state index in [9.17, 15) is 4.79 Å². The molecule has 0 aliphatic rings. The first-order chi connectivity index (χ1) is 3.27. The maximum atomic E-state index is 10.2. The van der Waals surface area contributed by atoms with E-state index in [2.05, 4.69) is 6.92 Å². The van der Waals surface area contributed by atoms with Gasteiger partial charge in [-0.3, -0.25) is 4.79 Å². The average molecular weight is 118 g/mol. The van der Waals surface area contributed by atoms with Gasteiger partial charge in [0.15, 0.2) is 5.12 Å². The summed E-state index contributed by atoms with van der Waals surface area (Å²) >= 11 is 1.39. The van der Waals surface area contributed by atoms with Crippen LogP contribution < -0.4 is 0 Å². The number of hydrogen-bond acceptors (Lipinski definition) is 2. The molecule has 0 atom stereocenters. The third-order valence-electron chi connectivity index (χ3n) is 0.509. The van der Waals surface area contributed by atoms with Gasteiger partial charge in [0.25, 0.3) is 0 Å². The summed E-state index contributed by atoms with van der Waals surface area (Å²) in [6.07, 6.45) is 1.09. The molecule has 0 bridgehead atoms. The van der Waals surface area contributed by atoms with E-state index in [1.54, 1.807) is 6.92 Å². The Morgan fingerprint density at radius 2 is 2.29 bits per heavy atom. The molecule has 0 aliphatic carbocycles. The van der Waals surface area contributed by atoms with Gasteiger partial charge in [0.05, 0.1) is 0 Å². The van der Waals surface area contributed by atoms with Crippen molar-refractivity contribution in [3.8, 4) is 0 Å². The molecule has 0 fully saturated rings. The monoisotopic (exact) mass is 118 g/mol. The van der Waals surface area contributed by atoms with Crippen molar-refractivity contribution < 1.29 is 4.79 Å². The molecule has 2 heteroatoms. The molecule has 0 spiro atoms. The average Bonchev–Trinajstić information content (AvgIpc) is 1.61. The van der Waals surface area contributed by atoms with E-state index in [0.717, 1.165) is 12.2 Å². The van der Waals surface area contributed by atoms with Crippen LogP contribution in [-0.4, -0.2) is 10.9 Å². The highest BCUT2D eigenvalue weighted by Crippen LogP contribution is 2.00. The SMILES string of the molecule is CCCSC(C)=O. The predicted molar refractivity (Wildman–Crippen MR) is 33.4 cm³/mol. The molecule has 0 amide bonds. The van der Waals surface area contributed by atoms with Crippen LogP contribution in [0.5, 0.6) is 0 Å². The van der Waals surface area contributed by atoms with Crippen molar-refractivity contribution in [2.24, 2.45) is 0 Å². The van der Waals surface area contributed by atoms with Crippen molar-refractivity contribution in [2.75, 3.05) is 5.75 Å². The lowest BCUT2D eigenvalue weighted by atomic mass is 10.6. The summed E-state index contributed by atoms with van der Waals surface area (Å²) in [7, 11) is 0. The standard InChI is InChI=1S/C5H10OS/c1-3-4-7-5(2)6/h3-4H2,1-2H3. The van der Waals surface area contributed by atoms with Crippen LogP contribution in [0.1, 0.15) is 20.3 Å². The molecule has 0 radical (unpaired) electrons. The van der Waals surface area contributed by atoms with Crippen LogP contribution in [0.15, 0.2) is 0 Å². The number of rotatable bonds is 2. The number of thioether (sulfide) groups is 1. The minimum atomic E-state index is 0.224. The summed E-state index contributed by atoms with van der Waals surface area (Å²) in [4.78, 5) is 10.2. The lowest BCUT2D eigenvalue weighted by Gasteiger charge is -1.86. The normalized spacial score (nSPS) is 8.86. The van der Waals surface area contributed by atoms with E-state index < -0.39 is 0 Å². The van der Waals surface area contributed by atoms with Gasteiger partial charge in [-0.1, -0.05) is 18.7 Å². The maximum absolute atomic E-state index is 10.2. The first-order valence-electron chi connectivity index (χ1n) is 2.40. The molecule has 0 aromatic heterocycles. The largest absolute Gasteiger partial charge is 0.288 e. The molecule has 0 heterocycles. The highest BCUT2D eigenvalue weighted by Gasteiger charge is 1.87. The second-order valence-corrected chi connectivity index (χ2v) is 2.61. The Morgan fingerprint density at radius 3 is 2.43 bits per heavy atom. The van der Waals surface area contributed by atoms with Crippen molar-refractivity contribution in [3.05, 3.63) is 0 Å². The van der Waals surface area contributed by atoms with E-state index in [4.69, 9.17) is 0 Å². The summed E-state index contributed by atoms with van der Waals surface area (Å²) in [6, 6.07) is 0. The van der Waals surface area contributed by atoms with Crippen LogP contribution in [0.4, 0.5) is 0 Å². The van der Waals surface area contributed by atoms with Crippen molar-refractivity contribution in [2.45, 2.75) is 20.3 Å². The fourth-order valence-corrected chi connectivity index (χ4v) is 0.737. The Morgan fingerprint density at radius 1 is 1.71 bits per heavy atom. The van der Waals surface area contributed by atoms with Crippen LogP contribution in [0.3, 0.4) is 0 Å². The Labute approximate surface area is 48.5 Å². The van der Waals surface area contributed by atoms with Crippen molar-refractivity contribution in [1.82, 2.24) is 0 Å². The minimum Gasteiger partial charge on any atom is -0.288 e. The molecule has 0 saturated carbocycles. The summed E-state index contributed by atoms with van der Waals surface area (Å²) in [5.74, 6) is 0.968. The molecule has 0 saturated heterocycles. The number of hydrogen-bond donors (Lipinski definition) is 0. The molecular formula is C5H10OS. The molecule has 0 N–H and O–H groups in total. The fraction of sp³-hybridized carbons (Fsp3) is 0.800. The lowest BCUT2D eigenvalue weighted by molar-refractivity contribution is -0.109. The first kappa shape index (κ1) is 7.02. The van der Waals surface area contributed by atoms with E-state index in [-0.39, 0.29) is 5.12 Å². The van der Waals surface area contributed by atoms with Crippen LogP contribution in [0.2, 0.25) is 0 Å². The van der Waals surface area contributed by atoms with Crippen molar-refractivity contribution >= 4 is 16.9 Å². The number of carbonyl (C=O) groups excluding carboxylic acids is 1. The summed E-state index contributed by atoms with van der Waals surface area (Å²) < 4.78 is 0. The van der Waals surface area contributed by atoms with Crippen LogP contribution in [0, 0.1) is 0 Å². The summed E-state index contributed by atoms with van der Waals surface area (Å²) in [5.41, 5.74) is 0. The Hall–Kier alpha value is 0.0200. The molecule has 1 nitrogen and oxygen atoms in total. The van der Waals surface area contributed by atoms with Gasteiger partial charge >= 0.3 is 0 Å². The van der Waals surface area contributed by atoms with Crippen molar-refractivity contribution in [1.29, 1.82) is 0 Å². The van der Waals surface area contributed by atoms with E-state index in [0.29, 0.717) is 0 Å². The Bertz CT molecular complexity index is 61.1. The van der Waals surface area contributed by atoms with E-state index in [1.165, 1.54) is 11.8 Å². The Kier molecular flexibility index (Phi) is 4.20. The predicted octanol–water partition coefficient (Wildman–Crippen LogP) is 1.68. The Balaban J connectivity index is 2.82. The highest BCUT2D eigenvalue weighted by atomic mass is 32.2. The molecule has 0 aromatic rings. The van der Waals surface area contributed by atoms with Gasteiger partial charge in [-0.15, -0.1) is 0 Å². The third-order valence-corrected chi connectivity index (χ3v) is 1.53. The third kappa shape index (κ3) is 6.02. The molecule has 0 rings (SSSR count). The molecule has 0 unspecified atom stereocenters. The van der Waals surface area contributed by atoms with Gasteiger partial charge in [0, 0.05) is 12.7 Å². The van der Waals surface area contributed by atoms with Gasteiger partial charge < -0.3 is 0 Å². The highest BCUT2D eigenvalue weighted by molar-refractivity contribution is 8.13. The van der Waals surface area contributed by atoms with Crippen LogP contribution in [-0.2, 0) is 4.79 Å². The first-order valence-corrected chi connectivity index (χ1v) is 3.39. The zero-order valence-electron chi connectivity index (χ0n) is 4.73. The quantitative estimate of drug-likeness (QED) is 0.548. The van der Waals surface area contributed by atoms with Gasteiger partial charge in [-0.05, 0) is 6.42 Å². The van der Waals surface area contributed by atoms with Crippen LogP contribution >= 0.6 is 11.8 Å². The topological polar surface area (TPSA) is 17.1 Å². The van der Waals surface area contributed by atoms with Gasteiger partial charge in [0.2, 0.25) is 0 Å². The van der Waals surface area contributed by atoms with Crippen molar-refractivity contribution in [3.63, 3.8) is 0 Å². The molecule has 0 aromatic carbocycles. The van der Waals surface area contributed by atoms with Gasteiger partial charge in [0.1, 0.15) is 0 Å². The second-order valence-electron chi connectivity index (χ2n) is 1.34. The lowest BCUT2D eigenvalue weighted by Crippen LogP contribution is -1.81. The fourth-order valence-electron chi connectivity index (χ4n) is 0.246. The summed E-state index contributed by atoms with van der Waals surface area (Å²) in [5, 5.41) is 0.224. The summed E-state index contributed by atoms with van der Waals surface area (Å²) in [6.45, 7) is 3.66. The van der Waals surface area contributed by atoms with E-state index >= 15 is 0 Å². The van der Waals surface area contributed by atoms with Crippen LogP contribution in [0.25, 0.3) is 0 Å². The molecule has 7 heavy (non-hydrogen) atoms.